The van der Waals surface area contributed by atoms with Crippen LogP contribution in [0.2, 0.25) is 0 Å². The van der Waals surface area contributed by atoms with Crippen molar-refractivity contribution in [2.45, 2.75) is 12.2 Å². The highest BCUT2D eigenvalue weighted by molar-refractivity contribution is 5.58. The number of hydrogen-bond acceptors (Lipinski definition) is 4. The molecular weight excluding hydrogens is 237 g/mol. The molecule has 0 aromatic heterocycles. The molecule has 5 N–H and O–H groups in total. The van der Waals surface area contributed by atoms with E-state index in [1.165, 1.54) is 6.07 Å². The van der Waals surface area contributed by atoms with E-state index in [0.29, 0.717) is 0 Å². The van der Waals surface area contributed by atoms with Gasteiger partial charge in [-0.15, -0.1) is 0 Å². The van der Waals surface area contributed by atoms with Crippen molar-refractivity contribution in [3.8, 4) is 0 Å². The largest absolute Gasteiger partial charge is 0.418 e. The van der Waals surface area contributed by atoms with Crippen molar-refractivity contribution < 1.29 is 23.4 Å². The Morgan fingerprint density at radius 3 is 2.29 bits per heavy atom. The minimum atomic E-state index is -4.53. The van der Waals surface area contributed by atoms with E-state index in [1.54, 1.807) is 0 Å². The molecule has 0 fully saturated rings. The molecule has 1 rings (SSSR count). The molecule has 0 amide bonds. The maximum atomic E-state index is 12.5. The van der Waals surface area contributed by atoms with E-state index < -0.39 is 17.8 Å². The molecule has 0 aliphatic heterocycles. The lowest BCUT2D eigenvalue weighted by molar-refractivity contribution is -0.136. The predicted octanol–water partition coefficient (Wildman–Crippen LogP) is 1.05. The Morgan fingerprint density at radius 2 is 1.82 bits per heavy atom. The first-order valence-electron chi connectivity index (χ1n) is 4.83. The average molecular weight is 250 g/mol. The molecule has 0 aliphatic carbocycles. The topological polar surface area (TPSA) is 78.5 Å². The fourth-order valence-electron chi connectivity index (χ4n) is 1.28. The molecule has 0 aliphatic rings. The maximum Gasteiger partial charge on any atom is 0.418 e. The zero-order chi connectivity index (χ0) is 13.1. The van der Waals surface area contributed by atoms with Gasteiger partial charge in [-0.1, -0.05) is 0 Å². The molecule has 17 heavy (non-hydrogen) atoms. The number of nitrogens with one attached hydrogen (secondary N) is 1. The highest BCUT2D eigenvalue weighted by Crippen LogP contribution is 2.35. The third-order valence-corrected chi connectivity index (χ3v) is 2.17. The van der Waals surface area contributed by atoms with E-state index in [4.69, 9.17) is 15.9 Å². The summed E-state index contributed by atoms with van der Waals surface area (Å²) in [7, 11) is 0. The van der Waals surface area contributed by atoms with Crippen LogP contribution in [-0.4, -0.2) is 29.5 Å². The van der Waals surface area contributed by atoms with Gasteiger partial charge in [-0.25, -0.2) is 0 Å². The molecule has 0 radical (unpaired) electrons. The zero-order valence-corrected chi connectivity index (χ0v) is 8.83. The van der Waals surface area contributed by atoms with Gasteiger partial charge >= 0.3 is 6.18 Å². The lowest BCUT2D eigenvalue weighted by Crippen LogP contribution is -2.27. The lowest BCUT2D eigenvalue weighted by Gasteiger charge is -2.17. The van der Waals surface area contributed by atoms with Gasteiger partial charge in [-0.3, -0.25) is 0 Å². The van der Waals surface area contributed by atoms with Crippen LogP contribution in [0.3, 0.4) is 0 Å². The molecule has 0 saturated heterocycles. The fraction of sp³-hybridized carbons (Fsp3) is 0.400. The van der Waals surface area contributed by atoms with Gasteiger partial charge in [-0.2, -0.15) is 13.2 Å². The van der Waals surface area contributed by atoms with Gasteiger partial charge in [0.05, 0.1) is 24.8 Å². The molecule has 4 nitrogen and oxygen atoms in total. The Hall–Kier alpha value is -1.47. The van der Waals surface area contributed by atoms with Gasteiger partial charge in [0.1, 0.15) is 0 Å². The van der Waals surface area contributed by atoms with Gasteiger partial charge in [-0.05, 0) is 18.2 Å². The number of aliphatic hydroxyl groups is 2. The molecule has 96 valence electrons. The minimum absolute atomic E-state index is 0.139. The van der Waals surface area contributed by atoms with Crippen molar-refractivity contribution in [2.75, 3.05) is 24.3 Å². The van der Waals surface area contributed by atoms with Crippen molar-refractivity contribution in [3.63, 3.8) is 0 Å². The van der Waals surface area contributed by atoms with Crippen molar-refractivity contribution in [1.82, 2.24) is 0 Å². The highest BCUT2D eigenvalue weighted by atomic mass is 19.4. The number of nitrogens with two attached hydrogens (primary N) is 1. The summed E-state index contributed by atoms with van der Waals surface area (Å²) in [5, 5.41) is 20.2. The van der Waals surface area contributed by atoms with Crippen LogP contribution in [0.4, 0.5) is 24.5 Å². The van der Waals surface area contributed by atoms with E-state index in [9.17, 15) is 13.2 Å². The molecule has 0 spiro atoms. The Kier molecular flexibility index (Phi) is 4.19. The quantitative estimate of drug-likeness (QED) is 0.602. The van der Waals surface area contributed by atoms with Crippen LogP contribution < -0.4 is 11.1 Å². The predicted molar refractivity (Wildman–Crippen MR) is 57.4 cm³/mol. The van der Waals surface area contributed by atoms with Crippen LogP contribution in [0.25, 0.3) is 0 Å². The summed E-state index contributed by atoms with van der Waals surface area (Å²) in [6, 6.07) is 2.60. The average Bonchev–Trinajstić information content (AvgIpc) is 2.26. The summed E-state index contributed by atoms with van der Waals surface area (Å²) in [6.45, 7) is -0.773. The summed E-state index contributed by atoms with van der Waals surface area (Å²) in [4.78, 5) is 0. The summed E-state index contributed by atoms with van der Waals surface area (Å²) in [6.07, 6.45) is -4.53. The SMILES string of the molecule is Nc1ccc(NC(CO)CO)cc1C(F)(F)F. The number of hydrogen-bond donors (Lipinski definition) is 4. The van der Waals surface area contributed by atoms with Gasteiger partial charge < -0.3 is 21.3 Å². The number of aliphatic hydroxyl groups excluding tert-OH is 2. The van der Waals surface area contributed by atoms with Gasteiger partial charge in [0.2, 0.25) is 0 Å². The second kappa shape index (κ2) is 5.24. The summed E-state index contributed by atoms with van der Waals surface area (Å²) < 4.78 is 37.6. The van der Waals surface area contributed by atoms with Crippen LogP contribution in [0.5, 0.6) is 0 Å². The summed E-state index contributed by atoms with van der Waals surface area (Å²) in [5.41, 5.74) is 4.05. The van der Waals surface area contributed by atoms with Gasteiger partial charge in [0.25, 0.3) is 0 Å². The summed E-state index contributed by atoms with van der Waals surface area (Å²) in [5.74, 6) is 0. The number of rotatable bonds is 4. The van der Waals surface area contributed by atoms with E-state index >= 15 is 0 Å². The molecule has 0 saturated carbocycles. The molecule has 0 heterocycles. The normalized spacial score (nSPS) is 11.9. The van der Waals surface area contributed by atoms with Crippen LogP contribution >= 0.6 is 0 Å². The molecule has 0 bridgehead atoms. The second-order valence-corrected chi connectivity index (χ2v) is 3.51. The Morgan fingerprint density at radius 1 is 1.24 bits per heavy atom. The molecule has 0 atom stereocenters. The van der Waals surface area contributed by atoms with Crippen molar-refractivity contribution >= 4 is 11.4 Å². The zero-order valence-electron chi connectivity index (χ0n) is 8.83. The lowest BCUT2D eigenvalue weighted by atomic mass is 10.1. The third kappa shape index (κ3) is 3.50. The second-order valence-electron chi connectivity index (χ2n) is 3.51. The summed E-state index contributed by atoms with van der Waals surface area (Å²) >= 11 is 0. The monoisotopic (exact) mass is 250 g/mol. The van der Waals surface area contributed by atoms with E-state index in [-0.39, 0.29) is 24.6 Å². The standard InChI is InChI=1S/C10H13F3N2O2/c11-10(12,13)8-3-6(1-2-9(8)14)15-7(4-16)5-17/h1-3,7,15-17H,4-5,14H2. The minimum Gasteiger partial charge on any atom is -0.398 e. The molecule has 0 unspecified atom stereocenters. The first-order chi connectivity index (χ1) is 7.88. The smallest absolute Gasteiger partial charge is 0.398 e. The van der Waals surface area contributed by atoms with Crippen LogP contribution in [-0.2, 0) is 6.18 Å². The first-order valence-corrected chi connectivity index (χ1v) is 4.83. The number of benzene rings is 1. The third-order valence-electron chi connectivity index (χ3n) is 2.17. The number of halogens is 3. The number of alkyl halides is 3. The fourth-order valence-corrected chi connectivity index (χ4v) is 1.28. The Labute approximate surface area is 95.9 Å². The van der Waals surface area contributed by atoms with E-state index in [2.05, 4.69) is 5.32 Å². The van der Waals surface area contributed by atoms with Crippen LogP contribution in [0, 0.1) is 0 Å². The van der Waals surface area contributed by atoms with Crippen LogP contribution in [0.1, 0.15) is 5.56 Å². The number of nitrogen functional groups attached to an aromatic ring is 1. The molecule has 1 aromatic rings. The van der Waals surface area contributed by atoms with Crippen LogP contribution in [0.15, 0.2) is 18.2 Å². The van der Waals surface area contributed by atoms with Gasteiger partial charge in [0, 0.05) is 11.4 Å². The Balaban J connectivity index is 2.97. The molecular formula is C10H13F3N2O2. The van der Waals surface area contributed by atoms with Gasteiger partial charge in [0.15, 0.2) is 0 Å². The van der Waals surface area contributed by atoms with Crippen molar-refractivity contribution in [1.29, 1.82) is 0 Å². The number of anilines is 2. The van der Waals surface area contributed by atoms with Crippen molar-refractivity contribution in [3.05, 3.63) is 23.8 Å². The Bertz CT molecular complexity index is 378. The van der Waals surface area contributed by atoms with Crippen molar-refractivity contribution in [2.24, 2.45) is 0 Å². The van der Waals surface area contributed by atoms with E-state index in [1.807, 2.05) is 0 Å². The molecule has 1 aromatic carbocycles. The van der Waals surface area contributed by atoms with E-state index in [0.717, 1.165) is 12.1 Å². The molecule has 7 heteroatoms. The first kappa shape index (κ1) is 13.6. The maximum absolute atomic E-state index is 12.5. The highest BCUT2D eigenvalue weighted by Gasteiger charge is 2.33.